The second-order valence-electron chi connectivity index (χ2n) is 6.81. The lowest BCUT2D eigenvalue weighted by Gasteiger charge is -2.15. The van der Waals surface area contributed by atoms with E-state index in [1.807, 2.05) is 20.8 Å². The zero-order valence-corrected chi connectivity index (χ0v) is 14.1. The Balaban J connectivity index is 1.82. The predicted molar refractivity (Wildman–Crippen MR) is 88.3 cm³/mol. The number of alkyl halides is 3. The quantitative estimate of drug-likeness (QED) is 0.775. The summed E-state index contributed by atoms with van der Waals surface area (Å²) >= 11 is 0. The van der Waals surface area contributed by atoms with E-state index in [-0.39, 0.29) is 12.0 Å². The van der Waals surface area contributed by atoms with Crippen LogP contribution >= 0.6 is 0 Å². The van der Waals surface area contributed by atoms with Crippen molar-refractivity contribution < 1.29 is 13.2 Å². The van der Waals surface area contributed by atoms with Crippen molar-refractivity contribution >= 4 is 11.5 Å². The third kappa shape index (κ3) is 3.72. The molecule has 2 heterocycles. The lowest BCUT2D eigenvalue weighted by Crippen LogP contribution is -2.17. The van der Waals surface area contributed by atoms with Crippen LogP contribution in [0.25, 0.3) is 5.65 Å². The number of anilines is 1. The van der Waals surface area contributed by atoms with Gasteiger partial charge in [-0.1, -0.05) is 32.9 Å². The van der Waals surface area contributed by atoms with Crippen LogP contribution < -0.4 is 5.32 Å². The molecule has 0 spiro atoms. The standard InChI is InChI=1S/C17H18F3N5/c1-16(2,3)15-23-22-14-8-7-13(24-25(14)15)21-10-11-5-4-6-12(9-11)17(18,19)20/h4-9H,10H2,1-3H3,(H,21,24). The largest absolute Gasteiger partial charge is 0.416 e. The molecule has 1 aromatic carbocycles. The molecule has 0 unspecified atom stereocenters. The Morgan fingerprint density at radius 3 is 2.48 bits per heavy atom. The van der Waals surface area contributed by atoms with Crippen molar-refractivity contribution in [3.05, 3.63) is 53.3 Å². The van der Waals surface area contributed by atoms with Crippen molar-refractivity contribution in [2.45, 2.75) is 38.9 Å². The molecule has 3 rings (SSSR count). The second-order valence-corrected chi connectivity index (χ2v) is 6.81. The summed E-state index contributed by atoms with van der Waals surface area (Å²) in [6, 6.07) is 8.72. The van der Waals surface area contributed by atoms with Crippen molar-refractivity contribution in [1.29, 1.82) is 0 Å². The van der Waals surface area contributed by atoms with Gasteiger partial charge in [0.1, 0.15) is 5.82 Å². The second kappa shape index (κ2) is 6.02. The van der Waals surface area contributed by atoms with Crippen LogP contribution in [0, 0.1) is 0 Å². The highest BCUT2D eigenvalue weighted by Gasteiger charge is 2.30. The third-order valence-corrected chi connectivity index (χ3v) is 3.66. The van der Waals surface area contributed by atoms with E-state index in [0.29, 0.717) is 22.9 Å². The molecular formula is C17H18F3N5. The average Bonchev–Trinajstić information content (AvgIpc) is 2.95. The number of nitrogens with zero attached hydrogens (tertiary/aromatic N) is 4. The Kier molecular flexibility index (Phi) is 4.14. The number of hydrogen-bond donors (Lipinski definition) is 1. The minimum Gasteiger partial charge on any atom is -0.365 e. The van der Waals surface area contributed by atoms with Crippen molar-refractivity contribution in [1.82, 2.24) is 19.8 Å². The van der Waals surface area contributed by atoms with E-state index >= 15 is 0 Å². The molecule has 0 amide bonds. The number of hydrogen-bond acceptors (Lipinski definition) is 4. The first kappa shape index (κ1) is 17.2. The molecule has 0 fully saturated rings. The number of aromatic nitrogens is 4. The predicted octanol–water partition coefficient (Wildman–Crippen LogP) is 4.05. The summed E-state index contributed by atoms with van der Waals surface area (Å²) in [4.78, 5) is 0. The van der Waals surface area contributed by atoms with Crippen molar-refractivity contribution in [2.24, 2.45) is 0 Å². The van der Waals surface area contributed by atoms with Crippen LogP contribution in [-0.4, -0.2) is 19.8 Å². The van der Waals surface area contributed by atoms with Gasteiger partial charge in [-0.05, 0) is 29.8 Å². The summed E-state index contributed by atoms with van der Waals surface area (Å²) in [6.07, 6.45) is -4.35. The van der Waals surface area contributed by atoms with Gasteiger partial charge in [0.05, 0.1) is 5.56 Å². The Labute approximate surface area is 142 Å². The highest BCUT2D eigenvalue weighted by Crippen LogP contribution is 2.29. The van der Waals surface area contributed by atoms with E-state index < -0.39 is 11.7 Å². The maximum absolute atomic E-state index is 12.8. The summed E-state index contributed by atoms with van der Waals surface area (Å²) in [7, 11) is 0. The van der Waals surface area contributed by atoms with Crippen molar-refractivity contribution in [2.75, 3.05) is 5.32 Å². The molecule has 0 aliphatic rings. The fraction of sp³-hybridized carbons (Fsp3) is 0.353. The maximum atomic E-state index is 12.8. The number of halogens is 3. The number of rotatable bonds is 3. The van der Waals surface area contributed by atoms with Crippen LogP contribution in [-0.2, 0) is 18.1 Å². The first-order valence-corrected chi connectivity index (χ1v) is 7.77. The number of fused-ring (bicyclic) bond motifs is 1. The third-order valence-electron chi connectivity index (χ3n) is 3.66. The van der Waals surface area contributed by atoms with E-state index in [4.69, 9.17) is 0 Å². The zero-order chi connectivity index (χ0) is 18.2. The van der Waals surface area contributed by atoms with Gasteiger partial charge in [0.25, 0.3) is 0 Å². The lowest BCUT2D eigenvalue weighted by molar-refractivity contribution is -0.137. The summed E-state index contributed by atoms with van der Waals surface area (Å²) in [5.41, 5.74) is 0.252. The highest BCUT2D eigenvalue weighted by atomic mass is 19.4. The lowest BCUT2D eigenvalue weighted by atomic mass is 9.96. The van der Waals surface area contributed by atoms with E-state index in [1.54, 1.807) is 22.7 Å². The van der Waals surface area contributed by atoms with Gasteiger partial charge in [0.15, 0.2) is 11.5 Å². The summed E-state index contributed by atoms with van der Waals surface area (Å²) in [6.45, 7) is 6.25. The molecule has 0 aliphatic carbocycles. The molecule has 3 aromatic rings. The average molecular weight is 349 g/mol. The summed E-state index contributed by atoms with van der Waals surface area (Å²) in [5, 5.41) is 15.7. The fourth-order valence-corrected chi connectivity index (χ4v) is 2.40. The van der Waals surface area contributed by atoms with E-state index in [0.717, 1.165) is 12.1 Å². The van der Waals surface area contributed by atoms with Crippen LogP contribution in [0.2, 0.25) is 0 Å². The molecule has 5 nitrogen and oxygen atoms in total. The molecule has 25 heavy (non-hydrogen) atoms. The van der Waals surface area contributed by atoms with Gasteiger partial charge in [0, 0.05) is 12.0 Å². The Morgan fingerprint density at radius 2 is 1.80 bits per heavy atom. The molecule has 0 radical (unpaired) electrons. The molecule has 2 aromatic heterocycles. The number of benzene rings is 1. The van der Waals surface area contributed by atoms with Crippen LogP contribution in [0.3, 0.4) is 0 Å². The van der Waals surface area contributed by atoms with Crippen LogP contribution in [0.4, 0.5) is 19.0 Å². The SMILES string of the molecule is CC(C)(C)c1nnc2ccc(NCc3cccc(C(F)(F)F)c3)nn12. The maximum Gasteiger partial charge on any atom is 0.416 e. The highest BCUT2D eigenvalue weighted by molar-refractivity contribution is 5.45. The molecule has 132 valence electrons. The molecule has 0 aliphatic heterocycles. The number of nitrogens with one attached hydrogen (secondary N) is 1. The molecular weight excluding hydrogens is 331 g/mol. The summed E-state index contributed by atoms with van der Waals surface area (Å²) in [5.74, 6) is 1.25. The fourth-order valence-electron chi connectivity index (χ4n) is 2.40. The Bertz CT molecular complexity index is 893. The topological polar surface area (TPSA) is 55.1 Å². The van der Waals surface area contributed by atoms with E-state index in [2.05, 4.69) is 20.6 Å². The molecule has 0 saturated heterocycles. The van der Waals surface area contributed by atoms with Gasteiger partial charge in [-0.3, -0.25) is 0 Å². The monoisotopic (exact) mass is 349 g/mol. The first-order valence-electron chi connectivity index (χ1n) is 7.77. The van der Waals surface area contributed by atoms with Crippen LogP contribution in [0.1, 0.15) is 37.7 Å². The van der Waals surface area contributed by atoms with Gasteiger partial charge in [-0.15, -0.1) is 15.3 Å². The Morgan fingerprint density at radius 1 is 1.04 bits per heavy atom. The van der Waals surface area contributed by atoms with Crippen LogP contribution in [0.5, 0.6) is 0 Å². The van der Waals surface area contributed by atoms with Gasteiger partial charge in [0.2, 0.25) is 0 Å². The molecule has 0 atom stereocenters. The first-order chi connectivity index (χ1) is 11.6. The van der Waals surface area contributed by atoms with E-state index in [1.165, 1.54) is 6.07 Å². The van der Waals surface area contributed by atoms with Crippen LogP contribution in [0.15, 0.2) is 36.4 Å². The van der Waals surface area contributed by atoms with Gasteiger partial charge >= 0.3 is 6.18 Å². The molecule has 0 bridgehead atoms. The zero-order valence-electron chi connectivity index (χ0n) is 14.1. The van der Waals surface area contributed by atoms with Crippen molar-refractivity contribution in [3.63, 3.8) is 0 Å². The van der Waals surface area contributed by atoms with Crippen molar-refractivity contribution in [3.8, 4) is 0 Å². The van der Waals surface area contributed by atoms with Gasteiger partial charge in [-0.25, -0.2) is 0 Å². The van der Waals surface area contributed by atoms with Gasteiger partial charge in [-0.2, -0.15) is 17.7 Å². The molecule has 1 N–H and O–H groups in total. The minimum absolute atomic E-state index is 0.230. The van der Waals surface area contributed by atoms with E-state index in [9.17, 15) is 13.2 Å². The smallest absolute Gasteiger partial charge is 0.365 e. The minimum atomic E-state index is -4.35. The molecule has 8 heteroatoms. The molecule has 0 saturated carbocycles. The van der Waals surface area contributed by atoms with Gasteiger partial charge < -0.3 is 5.32 Å². The Hall–Kier alpha value is -2.64. The normalized spacial score (nSPS) is 12.6. The summed E-state index contributed by atoms with van der Waals surface area (Å²) < 4.78 is 40.0.